The van der Waals surface area contributed by atoms with Crippen molar-refractivity contribution in [3.63, 3.8) is 0 Å². The second-order valence-corrected chi connectivity index (χ2v) is 8.48. The number of nitrogens with one attached hydrogen (secondary N) is 1. The van der Waals surface area contributed by atoms with Crippen molar-refractivity contribution >= 4 is 18.0 Å². The summed E-state index contributed by atoms with van der Waals surface area (Å²) in [7, 11) is 0. The van der Waals surface area contributed by atoms with Crippen LogP contribution in [-0.4, -0.2) is 84.9 Å². The van der Waals surface area contributed by atoms with E-state index < -0.39 is 37.1 Å². The van der Waals surface area contributed by atoms with Crippen LogP contribution < -0.4 is 5.32 Å². The Kier molecular flexibility index (Phi) is 7.42. The van der Waals surface area contributed by atoms with Crippen LogP contribution in [0.2, 0.25) is 0 Å². The smallest absolute Gasteiger partial charge is 0.407 e. The molecule has 2 amide bonds. The molecule has 2 aromatic rings. The Balaban J connectivity index is 1.38. The first-order chi connectivity index (χ1) is 16.5. The van der Waals surface area contributed by atoms with Crippen LogP contribution >= 0.6 is 0 Å². The van der Waals surface area contributed by atoms with Gasteiger partial charge in [-0.2, -0.15) is 0 Å². The first kappa shape index (κ1) is 23.7. The summed E-state index contributed by atoms with van der Waals surface area (Å²) in [5.41, 5.74) is 4.30. The van der Waals surface area contributed by atoms with E-state index in [0.717, 1.165) is 22.3 Å². The maximum atomic E-state index is 12.9. The van der Waals surface area contributed by atoms with E-state index in [1.54, 1.807) is 0 Å². The quantitative estimate of drug-likeness (QED) is 0.616. The van der Waals surface area contributed by atoms with Gasteiger partial charge in [-0.1, -0.05) is 48.5 Å². The third kappa shape index (κ3) is 5.20. The summed E-state index contributed by atoms with van der Waals surface area (Å²) in [5.74, 6) is -1.82. The van der Waals surface area contributed by atoms with E-state index in [1.165, 1.54) is 4.90 Å². The summed E-state index contributed by atoms with van der Waals surface area (Å²) in [5, 5.41) is 11.7. The Morgan fingerprint density at radius 3 is 2.15 bits per heavy atom. The number of piperazine rings is 1. The number of carbonyl (C=O) groups excluding carboxylic acids is 2. The van der Waals surface area contributed by atoms with Crippen molar-refractivity contribution in [3.05, 3.63) is 59.7 Å². The number of aliphatic carboxylic acids is 1. The lowest BCUT2D eigenvalue weighted by Crippen LogP contribution is -2.55. The predicted octanol–water partition coefficient (Wildman–Crippen LogP) is 2.48. The number of carboxylic acid groups (broad SMARTS) is 1. The molecule has 2 N–H and O–H groups in total. The zero-order valence-corrected chi connectivity index (χ0v) is 18.8. The van der Waals surface area contributed by atoms with Crippen molar-refractivity contribution < 1.29 is 28.6 Å². The minimum Gasteiger partial charge on any atom is -0.481 e. The van der Waals surface area contributed by atoms with Crippen LogP contribution in [0.1, 0.15) is 23.5 Å². The third-order valence-electron chi connectivity index (χ3n) is 6.40. The molecule has 2 aromatic carbocycles. The van der Waals surface area contributed by atoms with Crippen LogP contribution in [0.15, 0.2) is 48.5 Å². The zero-order chi connectivity index (χ0) is 24.1. The highest BCUT2D eigenvalue weighted by atomic mass is 19.1. The summed E-state index contributed by atoms with van der Waals surface area (Å²) in [4.78, 5) is 40.3. The number of ether oxygens (including phenoxy) is 1. The Morgan fingerprint density at radius 1 is 1.00 bits per heavy atom. The molecule has 1 atom stereocenters. The first-order valence-corrected chi connectivity index (χ1v) is 11.4. The van der Waals surface area contributed by atoms with Gasteiger partial charge in [0.05, 0.1) is 6.42 Å². The van der Waals surface area contributed by atoms with E-state index in [2.05, 4.69) is 5.32 Å². The number of amides is 2. The Hall–Kier alpha value is -3.46. The number of hydrogen-bond acceptors (Lipinski definition) is 5. The SMILES string of the molecule is O=C(O)CC(NC(=O)OCC1c2ccccc2-c2ccccc21)C(=O)N1CCN(CCF)CC1. The molecule has 4 rings (SSSR count). The van der Waals surface area contributed by atoms with Gasteiger partial charge in [0.15, 0.2) is 0 Å². The number of alkyl carbamates (subject to hydrolysis) is 1. The van der Waals surface area contributed by atoms with Gasteiger partial charge in [0.2, 0.25) is 5.91 Å². The normalized spacial score (nSPS) is 16.4. The van der Waals surface area contributed by atoms with Crippen LogP contribution in [0, 0.1) is 0 Å². The maximum Gasteiger partial charge on any atom is 0.407 e. The number of fused-ring (bicyclic) bond motifs is 3. The predicted molar refractivity (Wildman–Crippen MR) is 123 cm³/mol. The molecule has 0 bridgehead atoms. The number of hydrogen-bond donors (Lipinski definition) is 2. The van der Waals surface area contributed by atoms with Gasteiger partial charge < -0.3 is 20.1 Å². The number of benzene rings is 2. The molecule has 1 saturated heterocycles. The zero-order valence-electron chi connectivity index (χ0n) is 18.8. The van der Waals surface area contributed by atoms with E-state index >= 15 is 0 Å². The molecular weight excluding hydrogens is 441 g/mol. The molecule has 0 saturated carbocycles. The lowest BCUT2D eigenvalue weighted by Gasteiger charge is -2.35. The minimum absolute atomic E-state index is 0.0652. The van der Waals surface area contributed by atoms with Crippen molar-refractivity contribution in [2.24, 2.45) is 0 Å². The number of halogens is 1. The molecule has 0 radical (unpaired) electrons. The number of carboxylic acids is 1. The van der Waals surface area contributed by atoms with Crippen molar-refractivity contribution in [1.29, 1.82) is 0 Å². The van der Waals surface area contributed by atoms with Crippen LogP contribution in [0.25, 0.3) is 11.1 Å². The fourth-order valence-electron chi connectivity index (χ4n) is 4.69. The Morgan fingerprint density at radius 2 is 1.59 bits per heavy atom. The summed E-state index contributed by atoms with van der Waals surface area (Å²) >= 11 is 0. The van der Waals surface area contributed by atoms with Crippen LogP contribution in [0.3, 0.4) is 0 Å². The van der Waals surface area contributed by atoms with Gasteiger partial charge in [-0.3, -0.25) is 14.5 Å². The molecule has 2 aliphatic rings. The second-order valence-electron chi connectivity index (χ2n) is 8.48. The topological polar surface area (TPSA) is 99.2 Å². The average molecular weight is 470 g/mol. The summed E-state index contributed by atoms with van der Waals surface area (Å²) in [6, 6.07) is 14.6. The largest absolute Gasteiger partial charge is 0.481 e. The minimum atomic E-state index is -1.24. The van der Waals surface area contributed by atoms with Crippen molar-refractivity contribution in [2.75, 3.05) is 46.0 Å². The molecule has 1 aliphatic heterocycles. The first-order valence-electron chi connectivity index (χ1n) is 11.4. The van der Waals surface area contributed by atoms with Crippen LogP contribution in [0.5, 0.6) is 0 Å². The summed E-state index contributed by atoms with van der Waals surface area (Å²) in [6.45, 7) is 1.61. The number of nitrogens with zero attached hydrogens (tertiary/aromatic N) is 2. The molecule has 8 nitrogen and oxygen atoms in total. The number of rotatable bonds is 8. The molecule has 1 fully saturated rings. The number of carbonyl (C=O) groups is 3. The fourth-order valence-corrected chi connectivity index (χ4v) is 4.69. The van der Waals surface area contributed by atoms with Crippen LogP contribution in [-0.2, 0) is 14.3 Å². The Bertz CT molecular complexity index is 1010. The van der Waals surface area contributed by atoms with E-state index in [-0.39, 0.29) is 12.5 Å². The molecule has 180 valence electrons. The van der Waals surface area contributed by atoms with Crippen molar-refractivity contribution in [2.45, 2.75) is 18.4 Å². The summed E-state index contributed by atoms with van der Waals surface area (Å²) < 4.78 is 18.0. The molecule has 1 heterocycles. The van der Waals surface area contributed by atoms with Gasteiger partial charge in [0, 0.05) is 38.6 Å². The van der Waals surface area contributed by atoms with Gasteiger partial charge in [-0.05, 0) is 22.3 Å². The lowest BCUT2D eigenvalue weighted by molar-refractivity contribution is -0.143. The van der Waals surface area contributed by atoms with Crippen molar-refractivity contribution in [3.8, 4) is 11.1 Å². The van der Waals surface area contributed by atoms with E-state index in [4.69, 9.17) is 4.74 Å². The Labute approximate surface area is 197 Å². The molecule has 1 aliphatic carbocycles. The molecule has 0 spiro atoms. The lowest BCUT2D eigenvalue weighted by atomic mass is 9.98. The maximum absolute atomic E-state index is 12.9. The van der Waals surface area contributed by atoms with E-state index in [9.17, 15) is 23.9 Å². The van der Waals surface area contributed by atoms with Gasteiger partial charge in [0.1, 0.15) is 19.3 Å². The van der Waals surface area contributed by atoms with Gasteiger partial charge in [-0.25, -0.2) is 9.18 Å². The van der Waals surface area contributed by atoms with Crippen molar-refractivity contribution in [1.82, 2.24) is 15.1 Å². The molecule has 34 heavy (non-hydrogen) atoms. The molecule has 1 unspecified atom stereocenters. The van der Waals surface area contributed by atoms with E-state index in [1.807, 2.05) is 53.4 Å². The molecule has 9 heteroatoms. The molecular formula is C25H28FN3O5. The average Bonchev–Trinajstić information content (AvgIpc) is 3.16. The highest BCUT2D eigenvalue weighted by Crippen LogP contribution is 2.44. The second kappa shape index (κ2) is 10.6. The van der Waals surface area contributed by atoms with Gasteiger partial charge >= 0.3 is 12.1 Å². The number of alkyl halides is 1. The standard InChI is InChI=1S/C25H28FN3O5/c26-9-10-28-11-13-29(14-12-28)24(32)22(15-23(30)31)27-25(33)34-16-21-19-7-3-1-5-17(19)18-6-2-4-8-20(18)21/h1-8,21-22H,9-16H2,(H,27,33)(H,30,31). The highest BCUT2D eigenvalue weighted by molar-refractivity contribution is 5.89. The monoisotopic (exact) mass is 469 g/mol. The van der Waals surface area contributed by atoms with E-state index in [0.29, 0.717) is 32.7 Å². The fraction of sp³-hybridized carbons (Fsp3) is 0.400. The third-order valence-corrected chi connectivity index (χ3v) is 6.40. The van der Waals surface area contributed by atoms with Gasteiger partial charge in [0.25, 0.3) is 0 Å². The summed E-state index contributed by atoms with van der Waals surface area (Å²) in [6.07, 6.45) is -1.38. The molecule has 0 aromatic heterocycles. The highest BCUT2D eigenvalue weighted by Gasteiger charge is 2.32. The van der Waals surface area contributed by atoms with Crippen LogP contribution in [0.4, 0.5) is 9.18 Å². The van der Waals surface area contributed by atoms with Gasteiger partial charge in [-0.15, -0.1) is 0 Å².